The molecule has 0 radical (unpaired) electrons. The molecule has 3 rings (SSSR count). The largest absolute Gasteiger partial charge is 0.508 e. The first kappa shape index (κ1) is 23.3. The van der Waals surface area contributed by atoms with E-state index in [0.717, 1.165) is 36.9 Å². The third-order valence-electron chi connectivity index (χ3n) is 5.87. The number of hydrogen-bond acceptors (Lipinski definition) is 5. The van der Waals surface area contributed by atoms with Crippen LogP contribution in [0.1, 0.15) is 59.2 Å². The molecule has 0 aromatic heterocycles. The summed E-state index contributed by atoms with van der Waals surface area (Å²) >= 11 is 0. The van der Waals surface area contributed by atoms with Crippen molar-refractivity contribution in [2.75, 3.05) is 11.4 Å². The summed E-state index contributed by atoms with van der Waals surface area (Å²) in [4.78, 5) is 27.4. The van der Waals surface area contributed by atoms with Crippen molar-refractivity contribution in [3.8, 4) is 5.75 Å². The number of carbonyl (C=O) groups excluding carboxylic acids is 2. The highest BCUT2D eigenvalue weighted by Gasteiger charge is 2.28. The van der Waals surface area contributed by atoms with Gasteiger partial charge in [0.25, 0.3) is 5.91 Å². The Morgan fingerprint density at radius 1 is 1.16 bits per heavy atom. The van der Waals surface area contributed by atoms with E-state index in [1.807, 2.05) is 17.9 Å². The molecule has 0 bridgehead atoms. The maximum atomic E-state index is 12.8. The molecule has 1 aliphatic carbocycles. The lowest BCUT2D eigenvalue weighted by Gasteiger charge is -2.30. The molecule has 2 aromatic rings. The number of aromatic hydroxyl groups is 1. The number of benzene rings is 2. The second-order valence-corrected chi connectivity index (χ2v) is 8.18. The molecular formula is C24H31N5O3. The van der Waals surface area contributed by atoms with Gasteiger partial charge < -0.3 is 26.8 Å². The van der Waals surface area contributed by atoms with Crippen molar-refractivity contribution in [2.45, 2.75) is 51.6 Å². The zero-order valence-electron chi connectivity index (χ0n) is 18.4. The number of nitrogens with zero attached hydrogens (tertiary/aromatic N) is 1. The van der Waals surface area contributed by atoms with Crippen LogP contribution in [0.25, 0.3) is 0 Å². The molecule has 2 amide bonds. The second kappa shape index (κ2) is 10.3. The number of nitrogens with one attached hydrogen (secondary N) is 2. The van der Waals surface area contributed by atoms with Crippen LogP contribution < -0.4 is 21.7 Å². The normalized spacial score (nSPS) is 13.7. The topological polar surface area (TPSA) is 146 Å². The van der Waals surface area contributed by atoms with Gasteiger partial charge in [-0.25, -0.2) is 0 Å². The number of nitrogen functional groups attached to an aromatic ring is 1. The Balaban J connectivity index is 1.76. The third-order valence-corrected chi connectivity index (χ3v) is 5.87. The fraction of sp³-hybridized carbons (Fsp3) is 0.375. The minimum atomic E-state index is -0.298. The molecule has 0 aliphatic heterocycles. The van der Waals surface area contributed by atoms with Crippen LogP contribution in [0.5, 0.6) is 5.75 Å². The van der Waals surface area contributed by atoms with Crippen molar-refractivity contribution in [1.29, 1.82) is 5.41 Å². The van der Waals surface area contributed by atoms with E-state index in [1.54, 1.807) is 24.3 Å². The molecule has 7 N–H and O–H groups in total. The Bertz CT molecular complexity index is 1010. The van der Waals surface area contributed by atoms with E-state index >= 15 is 0 Å². The van der Waals surface area contributed by atoms with Gasteiger partial charge in [-0.2, -0.15) is 0 Å². The zero-order valence-corrected chi connectivity index (χ0v) is 18.4. The number of aryl methyl sites for hydroxylation is 1. The predicted octanol–water partition coefficient (Wildman–Crippen LogP) is 2.54. The van der Waals surface area contributed by atoms with E-state index in [9.17, 15) is 14.7 Å². The maximum absolute atomic E-state index is 12.8. The van der Waals surface area contributed by atoms with Crippen LogP contribution in [0.3, 0.4) is 0 Å². The first-order valence-corrected chi connectivity index (χ1v) is 10.9. The summed E-state index contributed by atoms with van der Waals surface area (Å²) in [6.45, 7) is 2.29. The lowest BCUT2D eigenvalue weighted by atomic mass is 10.0. The molecule has 8 nitrogen and oxygen atoms in total. The highest BCUT2D eigenvalue weighted by Crippen LogP contribution is 2.31. The number of rotatable bonds is 8. The summed E-state index contributed by atoms with van der Waals surface area (Å²) in [6.07, 6.45) is 4.45. The van der Waals surface area contributed by atoms with Gasteiger partial charge in [0.05, 0.1) is 0 Å². The Morgan fingerprint density at radius 3 is 2.47 bits per heavy atom. The average Bonchev–Trinajstić information content (AvgIpc) is 3.28. The van der Waals surface area contributed by atoms with Gasteiger partial charge in [0.15, 0.2) is 0 Å². The molecule has 32 heavy (non-hydrogen) atoms. The fourth-order valence-corrected chi connectivity index (χ4v) is 4.18. The molecule has 1 aliphatic rings. The lowest BCUT2D eigenvalue weighted by molar-refractivity contribution is -0.118. The van der Waals surface area contributed by atoms with Crippen LogP contribution in [0.2, 0.25) is 0 Å². The molecule has 8 heteroatoms. The first-order valence-electron chi connectivity index (χ1n) is 10.9. The van der Waals surface area contributed by atoms with E-state index in [4.69, 9.17) is 16.9 Å². The lowest BCUT2D eigenvalue weighted by Crippen LogP contribution is -2.40. The predicted molar refractivity (Wildman–Crippen MR) is 125 cm³/mol. The summed E-state index contributed by atoms with van der Waals surface area (Å²) < 4.78 is 0. The quantitative estimate of drug-likeness (QED) is 0.318. The number of amidine groups is 1. The van der Waals surface area contributed by atoms with Crippen LogP contribution in [0, 0.1) is 12.3 Å². The van der Waals surface area contributed by atoms with Gasteiger partial charge in [0.1, 0.15) is 11.6 Å². The average molecular weight is 438 g/mol. The van der Waals surface area contributed by atoms with Crippen molar-refractivity contribution in [1.82, 2.24) is 5.32 Å². The van der Waals surface area contributed by atoms with Crippen molar-refractivity contribution < 1.29 is 14.7 Å². The van der Waals surface area contributed by atoms with E-state index in [2.05, 4.69) is 5.32 Å². The zero-order chi connectivity index (χ0) is 23.3. The number of carbonyl (C=O) groups is 2. The maximum Gasteiger partial charge on any atom is 0.251 e. The SMILES string of the molecule is Cc1cc(C(=O)NCc2cc(C(=N)N)ccc2O)ccc1N(C(=O)CCN)C1CCCC1. The molecular weight excluding hydrogens is 406 g/mol. The molecule has 170 valence electrons. The van der Waals surface area contributed by atoms with Gasteiger partial charge in [0.2, 0.25) is 5.91 Å². The summed E-state index contributed by atoms with van der Waals surface area (Å²) in [5.74, 6) is -0.374. The molecule has 1 saturated carbocycles. The van der Waals surface area contributed by atoms with E-state index in [-0.39, 0.29) is 36.0 Å². The van der Waals surface area contributed by atoms with Gasteiger partial charge in [-0.1, -0.05) is 12.8 Å². The number of phenolic OH excluding ortho intramolecular Hbond substituents is 1. The van der Waals surface area contributed by atoms with Gasteiger partial charge in [-0.05, 0) is 61.7 Å². The standard InChI is InChI=1S/C24H31N5O3/c1-15-12-17(24(32)28-14-18-13-16(23(26)27)7-9-21(18)30)6-8-20(15)29(22(31)10-11-25)19-4-2-3-5-19/h6-9,12-13,19,30H,2-5,10-11,14,25H2,1H3,(H3,26,27)(H,28,32). The smallest absolute Gasteiger partial charge is 0.251 e. The molecule has 2 aromatic carbocycles. The van der Waals surface area contributed by atoms with Crippen molar-refractivity contribution in [3.05, 3.63) is 58.7 Å². The number of hydrogen-bond donors (Lipinski definition) is 5. The van der Waals surface area contributed by atoms with Gasteiger partial charge >= 0.3 is 0 Å². The number of phenols is 1. The van der Waals surface area contributed by atoms with Crippen LogP contribution in [-0.4, -0.2) is 35.3 Å². The van der Waals surface area contributed by atoms with Gasteiger partial charge in [-0.3, -0.25) is 15.0 Å². The molecule has 0 atom stereocenters. The Labute approximate surface area is 188 Å². The summed E-state index contributed by atoms with van der Waals surface area (Å²) in [5, 5.41) is 20.3. The molecule has 0 unspecified atom stereocenters. The Hall–Kier alpha value is -3.39. The summed E-state index contributed by atoms with van der Waals surface area (Å²) in [7, 11) is 0. The van der Waals surface area contributed by atoms with Gasteiger partial charge in [-0.15, -0.1) is 0 Å². The second-order valence-electron chi connectivity index (χ2n) is 8.18. The van der Waals surface area contributed by atoms with Crippen LogP contribution >= 0.6 is 0 Å². The van der Waals surface area contributed by atoms with E-state index in [0.29, 0.717) is 29.7 Å². The van der Waals surface area contributed by atoms with Crippen LogP contribution in [-0.2, 0) is 11.3 Å². The fourth-order valence-electron chi connectivity index (χ4n) is 4.18. The Kier molecular flexibility index (Phi) is 7.48. The minimum absolute atomic E-state index is 0.0144. The van der Waals surface area contributed by atoms with Crippen molar-refractivity contribution in [2.24, 2.45) is 11.5 Å². The molecule has 0 spiro atoms. The van der Waals surface area contributed by atoms with Crippen LogP contribution in [0.15, 0.2) is 36.4 Å². The number of anilines is 1. The highest BCUT2D eigenvalue weighted by molar-refractivity contribution is 5.98. The molecule has 1 fully saturated rings. The summed E-state index contributed by atoms with van der Waals surface area (Å²) in [5.41, 5.74) is 14.2. The molecule has 0 saturated heterocycles. The van der Waals surface area contributed by atoms with Crippen molar-refractivity contribution >= 4 is 23.3 Å². The van der Waals surface area contributed by atoms with E-state index in [1.165, 1.54) is 6.07 Å². The first-order chi connectivity index (χ1) is 15.3. The molecule has 0 heterocycles. The minimum Gasteiger partial charge on any atom is -0.508 e. The van der Waals surface area contributed by atoms with Crippen molar-refractivity contribution in [3.63, 3.8) is 0 Å². The van der Waals surface area contributed by atoms with Gasteiger partial charge in [0, 0.05) is 47.9 Å². The van der Waals surface area contributed by atoms with Crippen LogP contribution in [0.4, 0.5) is 5.69 Å². The number of nitrogens with two attached hydrogens (primary N) is 2. The summed E-state index contributed by atoms with van der Waals surface area (Å²) in [6, 6.07) is 10.1. The highest BCUT2D eigenvalue weighted by atomic mass is 16.3. The van der Waals surface area contributed by atoms with E-state index < -0.39 is 0 Å². The third kappa shape index (κ3) is 5.26. The monoisotopic (exact) mass is 437 g/mol. The number of amides is 2. The Morgan fingerprint density at radius 2 is 1.84 bits per heavy atom.